The number of unbranched alkanes of at least 4 members (excludes halogenated alkanes) is 1. The zero-order valence-corrected chi connectivity index (χ0v) is 16.1. The van der Waals surface area contributed by atoms with Crippen LogP contribution in [0.15, 0.2) is 60.2 Å². The summed E-state index contributed by atoms with van der Waals surface area (Å²) < 4.78 is 5.62. The molecule has 0 atom stereocenters. The summed E-state index contributed by atoms with van der Waals surface area (Å²) in [6.45, 7) is 3.25. The molecule has 0 spiro atoms. The van der Waals surface area contributed by atoms with Crippen molar-refractivity contribution in [2.75, 3.05) is 11.9 Å². The van der Waals surface area contributed by atoms with Crippen LogP contribution in [0.4, 0.5) is 10.5 Å². The third-order valence-electron chi connectivity index (χ3n) is 3.93. The highest BCUT2D eigenvalue weighted by molar-refractivity contribution is 7.13. The van der Waals surface area contributed by atoms with Gasteiger partial charge in [-0.1, -0.05) is 19.4 Å². The molecule has 5 nitrogen and oxygen atoms in total. The summed E-state index contributed by atoms with van der Waals surface area (Å²) in [6.07, 6.45) is 5.73. The Morgan fingerprint density at radius 3 is 2.78 bits per heavy atom. The van der Waals surface area contributed by atoms with Crippen molar-refractivity contribution in [3.8, 4) is 16.2 Å². The maximum absolute atomic E-state index is 12.1. The lowest BCUT2D eigenvalue weighted by Gasteiger charge is -2.09. The zero-order chi connectivity index (χ0) is 18.9. The number of nitrogens with zero attached hydrogens (tertiary/aromatic N) is 1. The van der Waals surface area contributed by atoms with Crippen molar-refractivity contribution in [2.24, 2.45) is 0 Å². The number of carbonyl (C=O) groups excluding carboxylic acids is 1. The molecule has 0 aliphatic carbocycles. The molecule has 27 heavy (non-hydrogen) atoms. The smallest absolute Gasteiger partial charge is 0.319 e. The van der Waals surface area contributed by atoms with E-state index in [-0.39, 0.29) is 6.03 Å². The number of pyridine rings is 1. The second-order valence-corrected chi connectivity index (χ2v) is 7.04. The number of urea groups is 1. The standard InChI is InChI=1S/C21H23N3O2S/c1-2-3-10-26-19-8-6-18(7-9-19)24-21(25)23-14-16-12-17(15-22-13-16)20-5-4-11-27-20/h4-9,11-13,15H,2-3,10,14H2,1H3,(H2,23,24,25). The average molecular weight is 382 g/mol. The summed E-state index contributed by atoms with van der Waals surface area (Å²) in [7, 11) is 0. The lowest BCUT2D eigenvalue weighted by atomic mass is 10.2. The van der Waals surface area contributed by atoms with Crippen LogP contribution in [0.5, 0.6) is 5.75 Å². The quantitative estimate of drug-likeness (QED) is 0.520. The summed E-state index contributed by atoms with van der Waals surface area (Å²) in [5.41, 5.74) is 2.74. The van der Waals surface area contributed by atoms with Crippen LogP contribution >= 0.6 is 11.3 Å². The van der Waals surface area contributed by atoms with Crippen LogP contribution in [-0.2, 0) is 6.54 Å². The van der Waals surface area contributed by atoms with Crippen molar-refractivity contribution in [2.45, 2.75) is 26.3 Å². The Balaban J connectivity index is 1.49. The highest BCUT2D eigenvalue weighted by atomic mass is 32.1. The Kier molecular flexibility index (Phi) is 6.82. The molecule has 1 aromatic carbocycles. The van der Waals surface area contributed by atoms with Crippen molar-refractivity contribution in [3.63, 3.8) is 0 Å². The van der Waals surface area contributed by atoms with Gasteiger partial charge in [0.15, 0.2) is 0 Å². The summed E-state index contributed by atoms with van der Waals surface area (Å²) in [4.78, 5) is 17.5. The van der Waals surface area contributed by atoms with Crippen LogP contribution in [0.1, 0.15) is 25.3 Å². The van der Waals surface area contributed by atoms with E-state index in [4.69, 9.17) is 4.74 Å². The van der Waals surface area contributed by atoms with Crippen LogP contribution in [0.2, 0.25) is 0 Å². The fourth-order valence-electron chi connectivity index (χ4n) is 2.49. The minimum Gasteiger partial charge on any atom is -0.494 e. The van der Waals surface area contributed by atoms with Gasteiger partial charge in [-0.05, 0) is 53.8 Å². The molecule has 140 valence electrons. The molecule has 2 N–H and O–H groups in total. The van der Waals surface area contributed by atoms with Gasteiger partial charge >= 0.3 is 6.03 Å². The van der Waals surface area contributed by atoms with Gasteiger partial charge < -0.3 is 15.4 Å². The number of carbonyl (C=O) groups is 1. The molecule has 2 heterocycles. The number of hydrogen-bond donors (Lipinski definition) is 2. The molecule has 0 aliphatic heterocycles. The van der Waals surface area contributed by atoms with E-state index in [0.717, 1.165) is 40.3 Å². The van der Waals surface area contributed by atoms with Gasteiger partial charge in [0.05, 0.1) is 6.61 Å². The lowest BCUT2D eigenvalue weighted by molar-refractivity contribution is 0.251. The highest BCUT2D eigenvalue weighted by Gasteiger charge is 2.05. The molecule has 0 saturated heterocycles. The normalized spacial score (nSPS) is 10.4. The molecule has 0 aliphatic rings. The number of rotatable bonds is 8. The lowest BCUT2D eigenvalue weighted by Crippen LogP contribution is -2.28. The van der Waals surface area contributed by atoms with E-state index in [2.05, 4.69) is 28.6 Å². The van der Waals surface area contributed by atoms with Gasteiger partial charge in [0.1, 0.15) is 5.75 Å². The van der Waals surface area contributed by atoms with Gasteiger partial charge in [-0.15, -0.1) is 11.3 Å². The van der Waals surface area contributed by atoms with Crippen LogP contribution in [0.3, 0.4) is 0 Å². The number of benzene rings is 1. The molecular weight excluding hydrogens is 358 g/mol. The van der Waals surface area contributed by atoms with Crippen molar-refractivity contribution in [1.29, 1.82) is 0 Å². The van der Waals surface area contributed by atoms with Crippen LogP contribution in [0.25, 0.3) is 10.4 Å². The van der Waals surface area contributed by atoms with E-state index >= 15 is 0 Å². The minimum absolute atomic E-state index is 0.254. The molecule has 0 bridgehead atoms. The SMILES string of the molecule is CCCCOc1ccc(NC(=O)NCc2cncc(-c3cccs3)c2)cc1. The second kappa shape index (κ2) is 9.73. The first kappa shape index (κ1) is 18.9. The van der Waals surface area contributed by atoms with Crippen LogP contribution in [0, 0.1) is 0 Å². The number of ether oxygens (including phenoxy) is 1. The molecule has 2 amide bonds. The van der Waals surface area contributed by atoms with Gasteiger partial charge in [-0.25, -0.2) is 4.79 Å². The maximum atomic E-state index is 12.1. The van der Waals surface area contributed by atoms with E-state index in [1.54, 1.807) is 17.5 Å². The zero-order valence-electron chi connectivity index (χ0n) is 15.3. The van der Waals surface area contributed by atoms with Gasteiger partial charge in [0, 0.05) is 35.1 Å². The first-order valence-corrected chi connectivity index (χ1v) is 9.88. The Morgan fingerprint density at radius 1 is 1.19 bits per heavy atom. The number of nitrogens with one attached hydrogen (secondary N) is 2. The predicted octanol–water partition coefficient (Wildman–Crippen LogP) is 5.31. The third kappa shape index (κ3) is 5.82. The molecule has 0 saturated carbocycles. The minimum atomic E-state index is -0.254. The Hall–Kier alpha value is -2.86. The number of thiophene rings is 1. The Bertz CT molecular complexity index is 848. The first-order chi connectivity index (χ1) is 13.2. The van der Waals surface area contributed by atoms with Gasteiger partial charge in [-0.2, -0.15) is 0 Å². The topological polar surface area (TPSA) is 63.2 Å². The summed E-state index contributed by atoms with van der Waals surface area (Å²) in [6, 6.07) is 13.2. The Labute approximate surface area is 163 Å². The molecule has 0 fully saturated rings. The summed E-state index contributed by atoms with van der Waals surface area (Å²) >= 11 is 1.67. The van der Waals surface area contributed by atoms with Gasteiger partial charge in [-0.3, -0.25) is 4.98 Å². The Morgan fingerprint density at radius 2 is 2.04 bits per heavy atom. The van der Waals surface area contributed by atoms with E-state index in [9.17, 15) is 4.79 Å². The molecular formula is C21H23N3O2S. The molecule has 3 rings (SSSR count). The predicted molar refractivity (Wildman–Crippen MR) is 110 cm³/mol. The molecule has 0 radical (unpaired) electrons. The van der Waals surface area contributed by atoms with E-state index in [1.165, 1.54) is 0 Å². The highest BCUT2D eigenvalue weighted by Crippen LogP contribution is 2.24. The van der Waals surface area contributed by atoms with E-state index in [0.29, 0.717) is 13.2 Å². The summed E-state index contributed by atoms with van der Waals surface area (Å²) in [5.74, 6) is 0.811. The number of aromatic nitrogens is 1. The molecule has 3 aromatic rings. The third-order valence-corrected chi connectivity index (χ3v) is 4.85. The van der Waals surface area contributed by atoms with Crippen molar-refractivity contribution in [3.05, 3.63) is 65.8 Å². The van der Waals surface area contributed by atoms with Crippen LogP contribution < -0.4 is 15.4 Å². The monoisotopic (exact) mass is 381 g/mol. The fraction of sp³-hybridized carbons (Fsp3) is 0.238. The molecule has 2 aromatic heterocycles. The van der Waals surface area contributed by atoms with Crippen molar-refractivity contribution < 1.29 is 9.53 Å². The van der Waals surface area contributed by atoms with E-state index < -0.39 is 0 Å². The van der Waals surface area contributed by atoms with Gasteiger partial charge in [0.25, 0.3) is 0 Å². The van der Waals surface area contributed by atoms with Crippen molar-refractivity contribution in [1.82, 2.24) is 10.3 Å². The largest absolute Gasteiger partial charge is 0.494 e. The summed E-state index contributed by atoms with van der Waals surface area (Å²) in [5, 5.41) is 7.72. The number of anilines is 1. The second-order valence-electron chi connectivity index (χ2n) is 6.09. The number of hydrogen-bond acceptors (Lipinski definition) is 4. The van der Waals surface area contributed by atoms with Crippen molar-refractivity contribution >= 4 is 23.1 Å². The van der Waals surface area contributed by atoms with Crippen LogP contribution in [-0.4, -0.2) is 17.6 Å². The molecule has 6 heteroatoms. The number of amides is 2. The molecule has 0 unspecified atom stereocenters. The fourth-order valence-corrected chi connectivity index (χ4v) is 3.20. The van der Waals surface area contributed by atoms with Gasteiger partial charge in [0.2, 0.25) is 0 Å². The first-order valence-electron chi connectivity index (χ1n) is 9.00. The van der Waals surface area contributed by atoms with E-state index in [1.807, 2.05) is 48.0 Å². The average Bonchev–Trinajstić information content (AvgIpc) is 3.23. The maximum Gasteiger partial charge on any atom is 0.319 e.